The molecule has 0 spiro atoms. The first-order chi connectivity index (χ1) is 8.98. The molecule has 1 heterocycles. The van der Waals surface area contributed by atoms with Gasteiger partial charge in [-0.2, -0.15) is 4.31 Å². The largest absolute Gasteiger partial charge is 0.392 e. The number of sulfonamides is 1. The predicted molar refractivity (Wildman–Crippen MR) is 74.3 cm³/mol. The van der Waals surface area contributed by atoms with Gasteiger partial charge in [0, 0.05) is 13.1 Å². The highest BCUT2D eigenvalue weighted by Gasteiger charge is 2.32. The summed E-state index contributed by atoms with van der Waals surface area (Å²) in [6.07, 6.45) is 1.95. The van der Waals surface area contributed by atoms with Crippen molar-refractivity contribution >= 4 is 10.0 Å². The third kappa shape index (κ3) is 2.83. The van der Waals surface area contributed by atoms with E-state index in [9.17, 15) is 8.42 Å². The highest BCUT2D eigenvalue weighted by Crippen LogP contribution is 2.28. The van der Waals surface area contributed by atoms with E-state index in [-0.39, 0.29) is 6.61 Å². The Morgan fingerprint density at radius 2 is 2.16 bits per heavy atom. The Balaban J connectivity index is 2.34. The Labute approximate surface area is 115 Å². The van der Waals surface area contributed by atoms with Crippen molar-refractivity contribution < 1.29 is 13.5 Å². The third-order valence-corrected chi connectivity index (χ3v) is 5.89. The molecule has 1 unspecified atom stereocenters. The van der Waals surface area contributed by atoms with Crippen molar-refractivity contribution in [3.05, 3.63) is 29.3 Å². The lowest BCUT2D eigenvalue weighted by Crippen LogP contribution is -2.29. The molecule has 0 bridgehead atoms. The lowest BCUT2D eigenvalue weighted by Gasteiger charge is -2.18. The van der Waals surface area contributed by atoms with Gasteiger partial charge in [-0.3, -0.25) is 0 Å². The van der Waals surface area contributed by atoms with Crippen LogP contribution in [-0.2, 0) is 16.6 Å². The van der Waals surface area contributed by atoms with Gasteiger partial charge >= 0.3 is 0 Å². The molecule has 106 valence electrons. The van der Waals surface area contributed by atoms with Crippen LogP contribution in [0.1, 0.15) is 30.9 Å². The fourth-order valence-corrected chi connectivity index (χ4v) is 4.31. The van der Waals surface area contributed by atoms with Crippen molar-refractivity contribution in [2.24, 2.45) is 5.92 Å². The highest BCUT2D eigenvalue weighted by molar-refractivity contribution is 7.89. The van der Waals surface area contributed by atoms with Crippen molar-refractivity contribution in [1.29, 1.82) is 0 Å². The minimum Gasteiger partial charge on any atom is -0.392 e. The number of aliphatic hydroxyl groups excluding tert-OH is 1. The van der Waals surface area contributed by atoms with Crippen molar-refractivity contribution in [2.75, 3.05) is 13.1 Å². The Morgan fingerprint density at radius 1 is 1.42 bits per heavy atom. The van der Waals surface area contributed by atoms with Gasteiger partial charge in [0.2, 0.25) is 10.0 Å². The first kappa shape index (κ1) is 14.5. The predicted octanol–water partition coefficient (Wildman–Crippen LogP) is 1.91. The van der Waals surface area contributed by atoms with E-state index in [0.29, 0.717) is 29.5 Å². The van der Waals surface area contributed by atoms with Crippen LogP contribution in [0.3, 0.4) is 0 Å². The topological polar surface area (TPSA) is 57.6 Å². The minimum atomic E-state index is -3.42. The van der Waals surface area contributed by atoms with Crippen LogP contribution >= 0.6 is 0 Å². The standard InChI is InChI=1S/C14H21NO3S/c1-3-12-6-7-15(9-12)19(17,18)14-8-13(10-16)5-4-11(14)2/h4-5,8,12,16H,3,6-7,9-10H2,1-2H3. The summed E-state index contributed by atoms with van der Waals surface area (Å²) in [4.78, 5) is 0.329. The molecule has 1 aliphatic rings. The zero-order valence-electron chi connectivity index (χ0n) is 11.5. The molecule has 0 saturated carbocycles. The lowest BCUT2D eigenvalue weighted by molar-refractivity contribution is 0.281. The molecule has 1 atom stereocenters. The minimum absolute atomic E-state index is 0.139. The van der Waals surface area contributed by atoms with Gasteiger partial charge in [0.15, 0.2) is 0 Å². The second kappa shape index (κ2) is 5.61. The quantitative estimate of drug-likeness (QED) is 0.918. The molecule has 4 nitrogen and oxygen atoms in total. The van der Waals surface area contributed by atoms with Crippen LogP contribution < -0.4 is 0 Å². The number of hydrogen-bond acceptors (Lipinski definition) is 3. The molecule has 1 saturated heterocycles. The molecular weight excluding hydrogens is 262 g/mol. The van der Waals surface area contributed by atoms with E-state index in [0.717, 1.165) is 18.4 Å². The number of benzene rings is 1. The van der Waals surface area contributed by atoms with E-state index < -0.39 is 10.0 Å². The Morgan fingerprint density at radius 3 is 2.74 bits per heavy atom. The molecule has 1 aliphatic heterocycles. The van der Waals surface area contributed by atoms with Gasteiger partial charge in [0.05, 0.1) is 11.5 Å². The summed E-state index contributed by atoms with van der Waals surface area (Å²) in [6.45, 7) is 4.96. The van der Waals surface area contributed by atoms with E-state index in [1.165, 1.54) is 0 Å². The van der Waals surface area contributed by atoms with Gasteiger partial charge in [-0.25, -0.2) is 8.42 Å². The summed E-state index contributed by atoms with van der Waals surface area (Å²) >= 11 is 0. The number of aryl methyl sites for hydroxylation is 1. The van der Waals surface area contributed by atoms with E-state index >= 15 is 0 Å². The molecule has 0 aliphatic carbocycles. The Kier molecular flexibility index (Phi) is 4.28. The van der Waals surface area contributed by atoms with Crippen molar-refractivity contribution in [3.8, 4) is 0 Å². The van der Waals surface area contributed by atoms with Gasteiger partial charge < -0.3 is 5.11 Å². The zero-order chi connectivity index (χ0) is 14.0. The maximum Gasteiger partial charge on any atom is 0.243 e. The summed E-state index contributed by atoms with van der Waals surface area (Å²) in [7, 11) is -3.42. The fourth-order valence-electron chi connectivity index (χ4n) is 2.51. The molecule has 1 aromatic carbocycles. The first-order valence-corrected chi connectivity index (χ1v) is 8.13. The second-order valence-electron chi connectivity index (χ2n) is 5.18. The maximum atomic E-state index is 12.6. The summed E-state index contributed by atoms with van der Waals surface area (Å²) in [6, 6.07) is 5.10. The summed E-state index contributed by atoms with van der Waals surface area (Å²) < 4.78 is 26.8. The van der Waals surface area contributed by atoms with E-state index in [1.807, 2.05) is 0 Å². The van der Waals surface area contributed by atoms with Crippen LogP contribution in [0.25, 0.3) is 0 Å². The average Bonchev–Trinajstić information content (AvgIpc) is 2.88. The molecule has 0 radical (unpaired) electrons. The number of rotatable bonds is 4. The lowest BCUT2D eigenvalue weighted by atomic mass is 10.1. The molecule has 1 aromatic rings. The summed E-state index contributed by atoms with van der Waals surface area (Å²) in [5, 5.41) is 9.16. The molecule has 2 rings (SSSR count). The van der Waals surface area contributed by atoms with Crippen molar-refractivity contribution in [2.45, 2.75) is 38.2 Å². The van der Waals surface area contributed by atoms with Gasteiger partial charge in [-0.15, -0.1) is 0 Å². The van der Waals surface area contributed by atoms with E-state index in [1.54, 1.807) is 29.4 Å². The fraction of sp³-hybridized carbons (Fsp3) is 0.571. The van der Waals surface area contributed by atoms with Crippen LogP contribution in [0.2, 0.25) is 0 Å². The van der Waals surface area contributed by atoms with Crippen molar-refractivity contribution in [3.63, 3.8) is 0 Å². The highest BCUT2D eigenvalue weighted by atomic mass is 32.2. The molecule has 1 N–H and O–H groups in total. The monoisotopic (exact) mass is 283 g/mol. The van der Waals surface area contributed by atoms with E-state index in [2.05, 4.69) is 6.92 Å². The Hall–Kier alpha value is -0.910. The van der Waals surface area contributed by atoms with Crippen LogP contribution in [0, 0.1) is 12.8 Å². The van der Waals surface area contributed by atoms with Crippen LogP contribution in [0.4, 0.5) is 0 Å². The molecule has 1 fully saturated rings. The zero-order valence-corrected chi connectivity index (χ0v) is 12.3. The number of nitrogens with zero attached hydrogens (tertiary/aromatic N) is 1. The average molecular weight is 283 g/mol. The number of hydrogen-bond donors (Lipinski definition) is 1. The molecule has 5 heteroatoms. The van der Waals surface area contributed by atoms with Crippen LogP contribution in [0.15, 0.2) is 23.1 Å². The van der Waals surface area contributed by atoms with Gasteiger partial charge in [-0.1, -0.05) is 25.5 Å². The number of aliphatic hydroxyl groups is 1. The molecule has 19 heavy (non-hydrogen) atoms. The first-order valence-electron chi connectivity index (χ1n) is 6.69. The van der Waals surface area contributed by atoms with Gasteiger partial charge in [0.1, 0.15) is 0 Å². The molecule has 0 amide bonds. The molecular formula is C14H21NO3S. The third-order valence-electron chi connectivity index (χ3n) is 3.88. The van der Waals surface area contributed by atoms with Crippen LogP contribution in [0.5, 0.6) is 0 Å². The smallest absolute Gasteiger partial charge is 0.243 e. The summed E-state index contributed by atoms with van der Waals surface area (Å²) in [5.41, 5.74) is 1.37. The van der Waals surface area contributed by atoms with Gasteiger partial charge in [0.25, 0.3) is 0 Å². The SMILES string of the molecule is CCC1CCN(S(=O)(=O)c2cc(CO)ccc2C)C1. The van der Waals surface area contributed by atoms with Crippen LogP contribution in [-0.4, -0.2) is 30.9 Å². The van der Waals surface area contributed by atoms with Crippen molar-refractivity contribution in [1.82, 2.24) is 4.31 Å². The van der Waals surface area contributed by atoms with Gasteiger partial charge in [-0.05, 0) is 36.5 Å². The second-order valence-corrected chi connectivity index (χ2v) is 7.09. The molecule has 0 aromatic heterocycles. The maximum absolute atomic E-state index is 12.6. The van der Waals surface area contributed by atoms with E-state index in [4.69, 9.17) is 5.11 Å². The Bertz CT molecular complexity index is 554. The summed E-state index contributed by atoms with van der Waals surface area (Å²) in [5.74, 6) is 0.469. The normalized spacial score (nSPS) is 20.9.